The molecule has 1 heterocycles. The molecule has 0 spiro atoms. The molecule has 2 fully saturated rings. The summed E-state index contributed by atoms with van der Waals surface area (Å²) in [6, 6.07) is 5.72. The third-order valence-corrected chi connectivity index (χ3v) is 4.42. The standard InChI is InChI=1S/C16H23FN2O.2ClH/c1-20-15-4-2-3-13(16(15)17)14(11-12-5-6-12)19-9-7-18-8-10-19;;/h2-4,12,14,18H,5-11H2,1H3;2*1H/t14-;;/m0../s1. The average molecular weight is 351 g/mol. The van der Waals surface area contributed by atoms with Gasteiger partial charge in [0.1, 0.15) is 0 Å². The van der Waals surface area contributed by atoms with E-state index in [0.29, 0.717) is 5.75 Å². The molecule has 3 nitrogen and oxygen atoms in total. The van der Waals surface area contributed by atoms with Gasteiger partial charge in [-0.2, -0.15) is 0 Å². The molecular formula is C16H25Cl2FN2O. The fraction of sp³-hybridized carbons (Fsp3) is 0.625. The number of methoxy groups -OCH3 is 1. The molecule has 0 radical (unpaired) electrons. The third-order valence-electron chi connectivity index (χ3n) is 4.42. The van der Waals surface area contributed by atoms with E-state index in [-0.39, 0.29) is 36.7 Å². The van der Waals surface area contributed by atoms with E-state index in [4.69, 9.17) is 4.74 Å². The Bertz CT molecular complexity index is 465. The van der Waals surface area contributed by atoms with Crippen molar-refractivity contribution >= 4 is 24.8 Å². The van der Waals surface area contributed by atoms with Crippen LogP contribution in [0.4, 0.5) is 4.39 Å². The number of halogens is 3. The fourth-order valence-corrected chi connectivity index (χ4v) is 3.08. The minimum Gasteiger partial charge on any atom is -0.494 e. The smallest absolute Gasteiger partial charge is 0.169 e. The maximum absolute atomic E-state index is 14.6. The Balaban J connectivity index is 0.00000121. The van der Waals surface area contributed by atoms with Crippen LogP contribution < -0.4 is 10.1 Å². The molecule has 1 aliphatic heterocycles. The molecule has 3 rings (SSSR count). The number of benzene rings is 1. The molecule has 2 aliphatic rings. The van der Waals surface area contributed by atoms with Crippen LogP contribution in [-0.2, 0) is 0 Å². The Morgan fingerprint density at radius 3 is 2.55 bits per heavy atom. The van der Waals surface area contributed by atoms with E-state index in [9.17, 15) is 4.39 Å². The molecule has 0 bridgehead atoms. The minimum absolute atomic E-state index is 0. The molecule has 1 atom stereocenters. The van der Waals surface area contributed by atoms with E-state index in [2.05, 4.69) is 10.2 Å². The summed E-state index contributed by atoms with van der Waals surface area (Å²) in [7, 11) is 1.53. The predicted molar refractivity (Wildman–Crippen MR) is 92.0 cm³/mol. The van der Waals surface area contributed by atoms with Gasteiger partial charge in [-0.3, -0.25) is 4.90 Å². The van der Waals surface area contributed by atoms with Gasteiger partial charge in [0.05, 0.1) is 7.11 Å². The number of nitrogens with one attached hydrogen (secondary N) is 1. The zero-order valence-corrected chi connectivity index (χ0v) is 14.5. The van der Waals surface area contributed by atoms with Gasteiger partial charge in [0, 0.05) is 37.8 Å². The fourth-order valence-electron chi connectivity index (χ4n) is 3.08. The van der Waals surface area contributed by atoms with E-state index >= 15 is 0 Å². The summed E-state index contributed by atoms with van der Waals surface area (Å²) in [4.78, 5) is 2.42. The average Bonchev–Trinajstić information content (AvgIpc) is 3.30. The number of hydrogen-bond donors (Lipinski definition) is 1. The summed E-state index contributed by atoms with van der Waals surface area (Å²) in [5.74, 6) is 0.957. The van der Waals surface area contributed by atoms with E-state index < -0.39 is 0 Å². The second-order valence-electron chi connectivity index (χ2n) is 5.84. The molecule has 6 heteroatoms. The van der Waals surface area contributed by atoms with Gasteiger partial charge in [0.25, 0.3) is 0 Å². The molecular weight excluding hydrogens is 326 g/mol. The van der Waals surface area contributed by atoms with Crippen molar-refractivity contribution in [1.82, 2.24) is 10.2 Å². The van der Waals surface area contributed by atoms with Gasteiger partial charge in [-0.25, -0.2) is 4.39 Å². The van der Waals surface area contributed by atoms with Crippen LogP contribution in [0.25, 0.3) is 0 Å². The van der Waals surface area contributed by atoms with Crippen molar-refractivity contribution < 1.29 is 9.13 Å². The quantitative estimate of drug-likeness (QED) is 0.880. The number of hydrogen-bond acceptors (Lipinski definition) is 3. The van der Waals surface area contributed by atoms with Gasteiger partial charge in [0.15, 0.2) is 11.6 Å². The molecule has 0 aromatic heterocycles. The van der Waals surface area contributed by atoms with Crippen LogP contribution in [0.3, 0.4) is 0 Å². The monoisotopic (exact) mass is 350 g/mol. The highest BCUT2D eigenvalue weighted by molar-refractivity contribution is 5.85. The van der Waals surface area contributed by atoms with Crippen molar-refractivity contribution in [2.24, 2.45) is 5.92 Å². The first-order chi connectivity index (χ1) is 9.79. The number of nitrogens with zero attached hydrogens (tertiary/aromatic N) is 1. The van der Waals surface area contributed by atoms with Gasteiger partial charge in [-0.15, -0.1) is 24.8 Å². The highest BCUT2D eigenvalue weighted by atomic mass is 35.5. The van der Waals surface area contributed by atoms with Crippen molar-refractivity contribution in [1.29, 1.82) is 0 Å². The van der Waals surface area contributed by atoms with Crippen molar-refractivity contribution in [2.75, 3.05) is 33.3 Å². The predicted octanol–water partition coefficient (Wildman–Crippen LogP) is 3.42. The lowest BCUT2D eigenvalue weighted by Gasteiger charge is -2.35. The van der Waals surface area contributed by atoms with Crippen LogP contribution in [0.1, 0.15) is 30.9 Å². The Morgan fingerprint density at radius 2 is 1.95 bits per heavy atom. The summed E-state index contributed by atoms with van der Waals surface area (Å²) in [5, 5.41) is 3.37. The van der Waals surface area contributed by atoms with Gasteiger partial charge in [-0.1, -0.05) is 25.0 Å². The first-order valence-electron chi connectivity index (χ1n) is 7.56. The maximum atomic E-state index is 14.6. The summed E-state index contributed by atoms with van der Waals surface area (Å²) in [5.41, 5.74) is 0.804. The van der Waals surface area contributed by atoms with Crippen LogP contribution >= 0.6 is 24.8 Å². The van der Waals surface area contributed by atoms with Crippen LogP contribution in [0.2, 0.25) is 0 Å². The Morgan fingerprint density at radius 1 is 1.27 bits per heavy atom. The highest BCUT2D eigenvalue weighted by Crippen LogP contribution is 2.41. The van der Waals surface area contributed by atoms with Gasteiger partial charge in [0.2, 0.25) is 0 Å². The zero-order valence-electron chi connectivity index (χ0n) is 12.9. The second-order valence-corrected chi connectivity index (χ2v) is 5.84. The first kappa shape index (κ1) is 19.5. The molecule has 1 N–H and O–H groups in total. The lowest BCUT2D eigenvalue weighted by atomic mass is 9.97. The largest absolute Gasteiger partial charge is 0.494 e. The summed E-state index contributed by atoms with van der Waals surface area (Å²) >= 11 is 0. The maximum Gasteiger partial charge on any atom is 0.169 e. The van der Waals surface area contributed by atoms with Crippen molar-refractivity contribution in [2.45, 2.75) is 25.3 Å². The lowest BCUT2D eigenvalue weighted by molar-refractivity contribution is 0.156. The Hall–Kier alpha value is -0.550. The van der Waals surface area contributed by atoms with Crippen LogP contribution in [0, 0.1) is 11.7 Å². The van der Waals surface area contributed by atoms with E-state index in [1.165, 1.54) is 20.0 Å². The summed E-state index contributed by atoms with van der Waals surface area (Å²) in [6.45, 7) is 3.97. The van der Waals surface area contributed by atoms with Crippen molar-refractivity contribution in [3.05, 3.63) is 29.6 Å². The summed E-state index contributed by atoms with van der Waals surface area (Å²) < 4.78 is 19.7. The topological polar surface area (TPSA) is 24.5 Å². The number of piperazine rings is 1. The van der Waals surface area contributed by atoms with Gasteiger partial charge in [-0.05, 0) is 18.4 Å². The molecule has 126 valence electrons. The van der Waals surface area contributed by atoms with Crippen molar-refractivity contribution in [3.63, 3.8) is 0 Å². The molecule has 1 aliphatic carbocycles. The van der Waals surface area contributed by atoms with Crippen LogP contribution in [-0.4, -0.2) is 38.2 Å². The molecule has 1 saturated carbocycles. The van der Waals surface area contributed by atoms with Crippen LogP contribution in [0.15, 0.2) is 18.2 Å². The third kappa shape index (κ3) is 4.48. The first-order valence-corrected chi connectivity index (χ1v) is 7.56. The van der Waals surface area contributed by atoms with Crippen LogP contribution in [0.5, 0.6) is 5.75 Å². The molecule has 1 aromatic rings. The Labute approximate surface area is 144 Å². The second kappa shape index (κ2) is 8.92. The lowest BCUT2D eigenvalue weighted by Crippen LogP contribution is -2.45. The van der Waals surface area contributed by atoms with Crippen molar-refractivity contribution in [3.8, 4) is 5.75 Å². The molecule has 1 saturated heterocycles. The van der Waals surface area contributed by atoms with Gasteiger partial charge >= 0.3 is 0 Å². The normalized spacial score (nSPS) is 19.7. The Kier molecular flexibility index (Phi) is 7.90. The highest BCUT2D eigenvalue weighted by Gasteiger charge is 2.32. The van der Waals surface area contributed by atoms with E-state index in [0.717, 1.165) is 44.1 Å². The zero-order chi connectivity index (χ0) is 13.9. The number of rotatable bonds is 5. The molecule has 0 unspecified atom stereocenters. The molecule has 22 heavy (non-hydrogen) atoms. The number of ether oxygens (including phenoxy) is 1. The SMILES string of the molecule is COc1cccc([C@H](CC2CC2)N2CCNCC2)c1F.Cl.Cl. The molecule has 1 aromatic carbocycles. The minimum atomic E-state index is -0.181. The van der Waals surface area contributed by atoms with Gasteiger partial charge < -0.3 is 10.1 Å². The summed E-state index contributed by atoms with van der Waals surface area (Å²) in [6.07, 6.45) is 3.67. The van der Waals surface area contributed by atoms with E-state index in [1.807, 2.05) is 12.1 Å². The van der Waals surface area contributed by atoms with E-state index in [1.54, 1.807) is 6.07 Å². The molecule has 0 amide bonds.